The highest BCUT2D eigenvalue weighted by Crippen LogP contribution is 2.25. The zero-order chi connectivity index (χ0) is 37.2. The Bertz CT molecular complexity index is 2090. The number of rotatable bonds is 14. The third-order valence-corrected chi connectivity index (χ3v) is 11.1. The molecule has 6 rings (SSSR count). The van der Waals surface area contributed by atoms with Crippen molar-refractivity contribution in [3.63, 3.8) is 0 Å². The second-order valence-corrected chi connectivity index (χ2v) is 15.5. The Hall–Kier alpha value is -4.06. The van der Waals surface area contributed by atoms with E-state index >= 15 is 0 Å². The lowest BCUT2D eigenvalue weighted by atomic mass is 10.0. The van der Waals surface area contributed by atoms with Gasteiger partial charge in [-0.1, -0.05) is 23.9 Å². The van der Waals surface area contributed by atoms with Crippen LogP contribution in [0.3, 0.4) is 0 Å². The van der Waals surface area contributed by atoms with E-state index in [1.165, 1.54) is 62.7 Å². The number of hydrogen-bond acceptors (Lipinski definition) is 11. The molecule has 0 bridgehead atoms. The Labute approximate surface area is 314 Å². The van der Waals surface area contributed by atoms with Gasteiger partial charge < -0.3 is 14.6 Å². The summed E-state index contributed by atoms with van der Waals surface area (Å²) in [4.78, 5) is 37.0. The molecule has 16 heteroatoms. The number of fused-ring (bicyclic) bond motifs is 2. The lowest BCUT2D eigenvalue weighted by molar-refractivity contribution is -0.119. The monoisotopic (exact) mass is 786 g/mol. The molecule has 0 saturated carbocycles. The first-order valence-corrected chi connectivity index (χ1v) is 19.4. The molecule has 0 aliphatic heterocycles. The predicted molar refractivity (Wildman–Crippen MR) is 207 cm³/mol. The number of carbonyl (C=O) groups is 2. The standard InChI is InChI=1S/C27H24F4N4O2S3.C9H10N2S/c1-35(23-2-3-26-24(12-23)32-14-38-26)27(37)25(9-17-6-20(30)11-21(31)7-17)34-40-15-39-33-22(13-36)8-16-4-18(28)10-19(29)5-16;1-11(2)7-3-4-9-8(5-7)10-6-12-9/h2-7,10-14,22,25,33-34H,8-9,15H2,1H3;3-6H,1-2H3/t22-,25?;/m0./s1. The third kappa shape index (κ3) is 11.0. The summed E-state index contributed by atoms with van der Waals surface area (Å²) in [5, 5.41) is 0.331. The summed E-state index contributed by atoms with van der Waals surface area (Å²) in [6, 6.07) is 16.4. The molecule has 4 aromatic carbocycles. The number of thiazole rings is 2. The third-order valence-electron chi connectivity index (χ3n) is 7.64. The van der Waals surface area contributed by atoms with Crippen molar-refractivity contribution in [2.24, 2.45) is 0 Å². The van der Waals surface area contributed by atoms with Crippen molar-refractivity contribution in [1.29, 1.82) is 0 Å². The largest absolute Gasteiger partial charge is 0.378 e. The Kier molecular flexibility index (Phi) is 14.0. The quantitative estimate of drug-likeness (QED) is 0.0375. The van der Waals surface area contributed by atoms with Crippen molar-refractivity contribution < 1.29 is 27.2 Å². The topological polar surface area (TPSA) is 90.5 Å². The lowest BCUT2D eigenvalue weighted by Crippen LogP contribution is -2.44. The van der Waals surface area contributed by atoms with Gasteiger partial charge >= 0.3 is 0 Å². The summed E-state index contributed by atoms with van der Waals surface area (Å²) in [6.45, 7) is 0. The average Bonchev–Trinajstić information content (AvgIpc) is 3.78. The minimum atomic E-state index is -0.847. The van der Waals surface area contributed by atoms with Crippen LogP contribution in [-0.4, -0.2) is 60.5 Å². The summed E-state index contributed by atoms with van der Waals surface area (Å²) >= 11 is 5.49. The molecule has 6 aromatic rings. The second kappa shape index (κ2) is 18.6. The summed E-state index contributed by atoms with van der Waals surface area (Å²) in [6.07, 6.45) is 0.750. The molecule has 0 radical (unpaired) electrons. The molecule has 0 aliphatic rings. The van der Waals surface area contributed by atoms with Crippen LogP contribution in [0.4, 0.5) is 28.9 Å². The fourth-order valence-corrected chi connectivity index (χ4v) is 7.93. The van der Waals surface area contributed by atoms with Gasteiger partial charge in [-0.05, 0) is 84.6 Å². The van der Waals surface area contributed by atoms with E-state index in [2.05, 4.69) is 42.5 Å². The van der Waals surface area contributed by atoms with Gasteiger partial charge in [-0.3, -0.25) is 14.2 Å². The SMILES string of the molecule is CN(C(=O)C(Cc1cc(F)cc(F)c1)NSCSN[C@H](C=O)Cc1cc(F)cc(F)c1)c1ccc2scnc2c1.CN(C)c1ccc2scnc2c1. The highest BCUT2D eigenvalue weighted by Gasteiger charge is 2.24. The number of carbonyl (C=O) groups excluding carboxylic acids is 2. The number of benzene rings is 4. The van der Waals surface area contributed by atoms with Crippen LogP contribution in [0.2, 0.25) is 0 Å². The van der Waals surface area contributed by atoms with Crippen LogP contribution in [-0.2, 0) is 22.4 Å². The summed E-state index contributed by atoms with van der Waals surface area (Å²) in [5.41, 5.74) is 7.89. The van der Waals surface area contributed by atoms with Gasteiger partial charge in [-0.25, -0.2) is 27.5 Å². The van der Waals surface area contributed by atoms with Gasteiger partial charge in [0.1, 0.15) is 35.6 Å². The van der Waals surface area contributed by atoms with E-state index in [0.29, 0.717) is 28.2 Å². The average molecular weight is 787 g/mol. The van der Waals surface area contributed by atoms with Gasteiger partial charge in [0, 0.05) is 44.7 Å². The number of aromatic nitrogens is 2. The van der Waals surface area contributed by atoms with Gasteiger partial charge in [0.05, 0.1) is 42.6 Å². The molecule has 2 heterocycles. The molecule has 2 N–H and O–H groups in total. The van der Waals surface area contributed by atoms with Crippen LogP contribution >= 0.6 is 46.6 Å². The first-order valence-electron chi connectivity index (χ1n) is 15.7. The van der Waals surface area contributed by atoms with Gasteiger partial charge in [0.2, 0.25) is 5.91 Å². The van der Waals surface area contributed by atoms with Crippen LogP contribution < -0.4 is 19.2 Å². The predicted octanol–water partition coefficient (Wildman–Crippen LogP) is 8.03. The number of hydrogen-bond donors (Lipinski definition) is 2. The van der Waals surface area contributed by atoms with E-state index in [4.69, 9.17) is 0 Å². The van der Waals surface area contributed by atoms with Gasteiger partial charge in [-0.2, -0.15) is 0 Å². The van der Waals surface area contributed by atoms with Crippen LogP contribution in [0.15, 0.2) is 83.8 Å². The Morgan fingerprint density at radius 2 is 1.23 bits per heavy atom. The van der Waals surface area contributed by atoms with Crippen molar-refractivity contribution in [2.75, 3.05) is 36.0 Å². The Balaban J connectivity index is 0.000000365. The van der Waals surface area contributed by atoms with Crippen molar-refractivity contribution in [3.05, 3.63) is 118 Å². The first-order chi connectivity index (χ1) is 25.0. The van der Waals surface area contributed by atoms with E-state index in [1.54, 1.807) is 36.0 Å². The summed E-state index contributed by atoms with van der Waals surface area (Å²) < 4.78 is 62.8. The molecule has 0 spiro atoms. The normalized spacial score (nSPS) is 12.3. The molecular weight excluding hydrogens is 753 g/mol. The molecule has 8 nitrogen and oxygen atoms in total. The van der Waals surface area contributed by atoms with Crippen molar-refractivity contribution >= 4 is 90.6 Å². The first kappa shape index (κ1) is 39.2. The summed E-state index contributed by atoms with van der Waals surface area (Å²) in [7, 11) is 5.68. The number of nitrogens with one attached hydrogen (secondary N) is 2. The number of likely N-dealkylation sites (N-methyl/N-ethyl adjacent to an activating group) is 1. The Morgan fingerprint density at radius 1 is 0.731 bits per heavy atom. The molecule has 0 fully saturated rings. The second-order valence-electron chi connectivity index (χ2n) is 11.7. The maximum absolute atomic E-state index is 13.8. The maximum atomic E-state index is 13.8. The van der Waals surface area contributed by atoms with Crippen LogP contribution in [0, 0.1) is 23.3 Å². The van der Waals surface area contributed by atoms with Crippen molar-refractivity contribution in [2.45, 2.75) is 24.9 Å². The van der Waals surface area contributed by atoms with Crippen molar-refractivity contribution in [1.82, 2.24) is 19.4 Å². The summed E-state index contributed by atoms with van der Waals surface area (Å²) in [5.74, 6) is -3.26. The maximum Gasteiger partial charge on any atom is 0.245 e. The highest BCUT2D eigenvalue weighted by atomic mass is 32.2. The number of nitrogens with zero attached hydrogens (tertiary/aromatic N) is 4. The molecule has 0 aliphatic carbocycles. The minimum Gasteiger partial charge on any atom is -0.378 e. The van der Waals surface area contributed by atoms with Crippen molar-refractivity contribution in [3.8, 4) is 0 Å². The molecule has 1 unspecified atom stereocenters. The number of halogens is 4. The lowest BCUT2D eigenvalue weighted by Gasteiger charge is -2.25. The molecule has 2 atom stereocenters. The van der Waals surface area contributed by atoms with E-state index in [9.17, 15) is 27.2 Å². The van der Waals surface area contributed by atoms with Crippen LogP contribution in [0.1, 0.15) is 11.1 Å². The highest BCUT2D eigenvalue weighted by molar-refractivity contribution is 8.14. The van der Waals surface area contributed by atoms with Crippen LogP contribution in [0.25, 0.3) is 20.4 Å². The van der Waals surface area contributed by atoms with E-state index in [-0.39, 0.29) is 18.7 Å². The van der Waals surface area contributed by atoms with Gasteiger partial charge in [0.25, 0.3) is 0 Å². The zero-order valence-corrected chi connectivity index (χ0v) is 31.5. The zero-order valence-electron chi connectivity index (χ0n) is 28.2. The van der Waals surface area contributed by atoms with E-state index < -0.39 is 35.4 Å². The van der Waals surface area contributed by atoms with Gasteiger partial charge in [-0.15, -0.1) is 22.7 Å². The molecule has 0 saturated heterocycles. The smallest absolute Gasteiger partial charge is 0.245 e. The molecular formula is C36H34F4N6O2S4. The molecule has 52 heavy (non-hydrogen) atoms. The molecule has 2 aromatic heterocycles. The number of anilines is 2. The van der Waals surface area contributed by atoms with Crippen LogP contribution in [0.5, 0.6) is 0 Å². The number of amides is 1. The van der Waals surface area contributed by atoms with E-state index in [0.717, 1.165) is 40.0 Å². The molecule has 1 amide bonds. The van der Waals surface area contributed by atoms with Gasteiger partial charge in [0.15, 0.2) is 0 Å². The van der Waals surface area contributed by atoms with E-state index in [1.807, 2.05) is 25.7 Å². The Morgan fingerprint density at radius 3 is 1.77 bits per heavy atom. The minimum absolute atomic E-state index is 0.0178. The molecule has 272 valence electrons. The number of aldehydes is 1. The fourth-order valence-electron chi connectivity index (χ4n) is 5.09. The fraction of sp³-hybridized carbons (Fsp3) is 0.222.